The molecule has 0 aromatic heterocycles. The number of benzene rings is 3. The van der Waals surface area contributed by atoms with Crippen molar-refractivity contribution in [2.75, 3.05) is 18.2 Å². The predicted molar refractivity (Wildman–Crippen MR) is 114 cm³/mol. The molecule has 0 aliphatic carbocycles. The van der Waals surface area contributed by atoms with Crippen LogP contribution in [0.3, 0.4) is 0 Å². The first-order valence-electron chi connectivity index (χ1n) is 8.52. The number of ketones is 1. The van der Waals surface area contributed by atoms with Crippen molar-refractivity contribution in [3.8, 4) is 5.75 Å². The zero-order valence-corrected chi connectivity index (χ0v) is 16.7. The van der Waals surface area contributed by atoms with E-state index in [2.05, 4.69) is 5.32 Å². The van der Waals surface area contributed by atoms with E-state index in [0.29, 0.717) is 21.9 Å². The maximum atomic E-state index is 12.4. The molecule has 0 bridgehead atoms. The van der Waals surface area contributed by atoms with Gasteiger partial charge in [0.15, 0.2) is 12.4 Å². The van der Waals surface area contributed by atoms with Gasteiger partial charge in [0.25, 0.3) is 5.91 Å². The Morgan fingerprint density at radius 2 is 1.61 bits per heavy atom. The Morgan fingerprint density at radius 3 is 2.25 bits per heavy atom. The molecule has 1 N–H and O–H groups in total. The number of hydrogen-bond acceptors (Lipinski definition) is 4. The summed E-state index contributed by atoms with van der Waals surface area (Å²) in [4.78, 5) is 25.6. The molecule has 0 fully saturated rings. The molecule has 4 nitrogen and oxygen atoms in total. The van der Waals surface area contributed by atoms with Crippen LogP contribution in [0.4, 0.5) is 5.69 Å². The van der Waals surface area contributed by atoms with Crippen molar-refractivity contribution in [1.82, 2.24) is 0 Å². The maximum absolute atomic E-state index is 12.4. The molecule has 0 unspecified atom stereocenters. The molecular weight excluding hydrogens is 394 g/mol. The standard InChI is InChI=1S/C22H18ClNO3S/c1-28-20-4-2-3-18(13-20)24-21(25)14-27-19-11-7-16(8-12-19)22(26)15-5-9-17(23)10-6-15/h2-13H,14H2,1H3,(H,24,25). The number of carbonyl (C=O) groups excluding carboxylic acids is 2. The molecule has 3 aromatic rings. The Balaban J connectivity index is 1.56. The lowest BCUT2D eigenvalue weighted by Crippen LogP contribution is -2.20. The van der Waals surface area contributed by atoms with E-state index in [9.17, 15) is 9.59 Å². The summed E-state index contributed by atoms with van der Waals surface area (Å²) >= 11 is 7.45. The number of amides is 1. The Kier molecular flexibility index (Phi) is 6.74. The van der Waals surface area contributed by atoms with E-state index >= 15 is 0 Å². The summed E-state index contributed by atoms with van der Waals surface area (Å²) in [6.45, 7) is -0.117. The van der Waals surface area contributed by atoms with Gasteiger partial charge in [0.1, 0.15) is 5.75 Å². The number of carbonyl (C=O) groups is 2. The first-order chi connectivity index (χ1) is 13.5. The van der Waals surface area contributed by atoms with Gasteiger partial charge in [0.05, 0.1) is 0 Å². The largest absolute Gasteiger partial charge is 0.484 e. The van der Waals surface area contributed by atoms with Gasteiger partial charge in [-0.25, -0.2) is 0 Å². The second-order valence-electron chi connectivity index (χ2n) is 5.93. The van der Waals surface area contributed by atoms with Gasteiger partial charge in [-0.05, 0) is 73.0 Å². The van der Waals surface area contributed by atoms with Gasteiger partial charge in [0.2, 0.25) is 0 Å². The fourth-order valence-corrected chi connectivity index (χ4v) is 3.10. The summed E-state index contributed by atoms with van der Waals surface area (Å²) in [5.41, 5.74) is 1.82. The fraction of sp³-hybridized carbons (Fsp3) is 0.0909. The Morgan fingerprint density at radius 1 is 0.964 bits per heavy atom. The van der Waals surface area contributed by atoms with Crippen LogP contribution in [0.5, 0.6) is 5.75 Å². The van der Waals surface area contributed by atoms with Crippen molar-refractivity contribution < 1.29 is 14.3 Å². The second-order valence-corrected chi connectivity index (χ2v) is 7.25. The van der Waals surface area contributed by atoms with Crippen molar-refractivity contribution in [3.05, 3.63) is 88.9 Å². The fourth-order valence-electron chi connectivity index (χ4n) is 2.52. The summed E-state index contributed by atoms with van der Waals surface area (Å²) in [7, 11) is 0. The van der Waals surface area contributed by atoms with Crippen LogP contribution in [0.1, 0.15) is 15.9 Å². The number of halogens is 1. The number of rotatable bonds is 7. The van der Waals surface area contributed by atoms with Crippen molar-refractivity contribution in [1.29, 1.82) is 0 Å². The van der Waals surface area contributed by atoms with Crippen LogP contribution in [0, 0.1) is 0 Å². The zero-order chi connectivity index (χ0) is 19.9. The summed E-state index contributed by atoms with van der Waals surface area (Å²) < 4.78 is 5.51. The zero-order valence-electron chi connectivity index (χ0n) is 15.1. The van der Waals surface area contributed by atoms with E-state index in [4.69, 9.17) is 16.3 Å². The summed E-state index contributed by atoms with van der Waals surface area (Å²) in [5.74, 6) is 0.162. The van der Waals surface area contributed by atoms with Crippen molar-refractivity contribution in [2.45, 2.75) is 4.90 Å². The summed E-state index contributed by atoms with van der Waals surface area (Å²) in [5, 5.41) is 3.38. The Hall–Kier alpha value is -2.76. The molecule has 0 radical (unpaired) electrons. The van der Waals surface area contributed by atoms with Gasteiger partial charge in [0, 0.05) is 26.7 Å². The molecule has 3 rings (SSSR count). The van der Waals surface area contributed by atoms with E-state index in [1.54, 1.807) is 60.3 Å². The molecule has 0 heterocycles. The van der Waals surface area contributed by atoms with Gasteiger partial charge < -0.3 is 10.1 Å². The highest BCUT2D eigenvalue weighted by molar-refractivity contribution is 7.98. The molecule has 0 spiro atoms. The molecule has 6 heteroatoms. The number of thioether (sulfide) groups is 1. The SMILES string of the molecule is CSc1cccc(NC(=O)COc2ccc(C(=O)c3ccc(Cl)cc3)cc2)c1. The van der Waals surface area contributed by atoms with Crippen molar-refractivity contribution in [3.63, 3.8) is 0 Å². The number of nitrogens with one attached hydrogen (secondary N) is 1. The molecule has 0 aliphatic rings. The van der Waals surface area contributed by atoms with Crippen molar-refractivity contribution >= 4 is 40.7 Å². The Bertz CT molecular complexity index is 972. The van der Waals surface area contributed by atoms with Crippen LogP contribution in [0.25, 0.3) is 0 Å². The van der Waals surface area contributed by atoms with Crippen LogP contribution in [-0.2, 0) is 4.79 Å². The predicted octanol–water partition coefficient (Wildman–Crippen LogP) is 5.31. The van der Waals surface area contributed by atoms with Gasteiger partial charge in [-0.3, -0.25) is 9.59 Å². The van der Waals surface area contributed by atoms with E-state index in [1.807, 2.05) is 30.5 Å². The maximum Gasteiger partial charge on any atom is 0.262 e. The van der Waals surface area contributed by atoms with E-state index in [0.717, 1.165) is 10.6 Å². The molecule has 0 saturated carbocycles. The average molecular weight is 412 g/mol. The van der Waals surface area contributed by atoms with Crippen LogP contribution < -0.4 is 10.1 Å². The molecule has 3 aromatic carbocycles. The van der Waals surface area contributed by atoms with E-state index in [1.165, 1.54) is 0 Å². The van der Waals surface area contributed by atoms with Gasteiger partial charge in [-0.2, -0.15) is 0 Å². The van der Waals surface area contributed by atoms with Crippen LogP contribution >= 0.6 is 23.4 Å². The van der Waals surface area contributed by atoms with Gasteiger partial charge >= 0.3 is 0 Å². The summed E-state index contributed by atoms with van der Waals surface area (Å²) in [6.07, 6.45) is 1.98. The topological polar surface area (TPSA) is 55.4 Å². The molecule has 1 amide bonds. The average Bonchev–Trinajstić information content (AvgIpc) is 2.73. The molecular formula is C22H18ClNO3S. The van der Waals surface area contributed by atoms with Gasteiger partial charge in [-0.15, -0.1) is 11.8 Å². The normalized spacial score (nSPS) is 10.4. The molecule has 0 atom stereocenters. The first-order valence-corrected chi connectivity index (χ1v) is 10.1. The number of hydrogen-bond donors (Lipinski definition) is 1. The monoisotopic (exact) mass is 411 g/mol. The van der Waals surface area contributed by atoms with E-state index in [-0.39, 0.29) is 18.3 Å². The third-order valence-electron chi connectivity index (χ3n) is 3.95. The Labute approximate surface area is 172 Å². The van der Waals surface area contributed by atoms with Crippen LogP contribution in [0.2, 0.25) is 5.02 Å². The number of ether oxygens (including phenoxy) is 1. The lowest BCUT2D eigenvalue weighted by Gasteiger charge is -2.09. The second kappa shape index (κ2) is 9.44. The molecule has 0 aliphatic heterocycles. The van der Waals surface area contributed by atoms with E-state index < -0.39 is 0 Å². The van der Waals surface area contributed by atoms with Crippen LogP contribution in [0.15, 0.2) is 77.7 Å². The highest BCUT2D eigenvalue weighted by Gasteiger charge is 2.10. The smallest absolute Gasteiger partial charge is 0.262 e. The minimum Gasteiger partial charge on any atom is -0.484 e. The highest BCUT2D eigenvalue weighted by Crippen LogP contribution is 2.19. The lowest BCUT2D eigenvalue weighted by atomic mass is 10.0. The third-order valence-corrected chi connectivity index (χ3v) is 4.92. The van der Waals surface area contributed by atoms with Crippen LogP contribution in [-0.4, -0.2) is 24.6 Å². The highest BCUT2D eigenvalue weighted by atomic mass is 35.5. The molecule has 142 valence electrons. The molecule has 0 saturated heterocycles. The number of anilines is 1. The van der Waals surface area contributed by atoms with Crippen molar-refractivity contribution in [2.24, 2.45) is 0 Å². The minimum atomic E-state index is -0.250. The first kappa shape index (κ1) is 20.0. The minimum absolute atomic E-state index is 0.102. The quantitative estimate of drug-likeness (QED) is 0.422. The lowest BCUT2D eigenvalue weighted by molar-refractivity contribution is -0.118. The van der Waals surface area contributed by atoms with Gasteiger partial charge in [-0.1, -0.05) is 17.7 Å². The summed E-state index contributed by atoms with van der Waals surface area (Å²) in [6, 6.07) is 21.0. The third kappa shape index (κ3) is 5.38. The molecule has 28 heavy (non-hydrogen) atoms.